The van der Waals surface area contributed by atoms with Crippen molar-refractivity contribution in [3.63, 3.8) is 0 Å². The molecule has 0 spiro atoms. The number of aliphatic carboxylic acids is 1. The number of halogens is 3. The lowest BCUT2D eigenvalue weighted by Gasteiger charge is -2.44. The molecule has 4 rings (SSSR count). The summed E-state index contributed by atoms with van der Waals surface area (Å²) in [6.45, 7) is 2.26. The molecule has 8 nitrogen and oxygen atoms in total. The van der Waals surface area contributed by atoms with Gasteiger partial charge in [0.15, 0.2) is 0 Å². The highest BCUT2D eigenvalue weighted by Crippen LogP contribution is 2.36. The summed E-state index contributed by atoms with van der Waals surface area (Å²) in [6.07, 6.45) is 0. The number of carbonyl (C=O) groups is 2. The van der Waals surface area contributed by atoms with Crippen molar-refractivity contribution in [1.82, 2.24) is 10.2 Å². The maximum absolute atomic E-state index is 14.2. The quantitative estimate of drug-likeness (QED) is 0.311. The van der Waals surface area contributed by atoms with Crippen molar-refractivity contribution in [2.24, 2.45) is 5.92 Å². The van der Waals surface area contributed by atoms with Crippen LogP contribution >= 0.6 is 23.2 Å². The standard InChI is InChI=1S/C27H26Cl2FN3O5S/c1-16(27(35)36)31-26(34)20-10-23(30)12-24(11-20)32-39(37,38)15-17-13-33(14-17)25(18-2-6-21(28)7-3-18)19-4-8-22(29)9-5-19/h2-12,16-17,25,32H,13-15H2,1H3,(H,31,34)(H,35,36). The Balaban J connectivity index is 1.43. The largest absolute Gasteiger partial charge is 0.480 e. The van der Waals surface area contributed by atoms with Gasteiger partial charge in [0, 0.05) is 34.6 Å². The van der Waals surface area contributed by atoms with E-state index in [0.29, 0.717) is 23.1 Å². The molecule has 3 aromatic rings. The summed E-state index contributed by atoms with van der Waals surface area (Å²) in [5, 5.41) is 12.4. The fourth-order valence-corrected chi connectivity index (χ4v) is 6.13. The van der Waals surface area contributed by atoms with E-state index in [0.717, 1.165) is 29.3 Å². The summed E-state index contributed by atoms with van der Waals surface area (Å²) in [5.74, 6) is -3.32. The molecule has 39 heavy (non-hydrogen) atoms. The molecule has 3 N–H and O–H groups in total. The van der Waals surface area contributed by atoms with Crippen molar-refractivity contribution >= 4 is 50.8 Å². The van der Waals surface area contributed by atoms with E-state index < -0.39 is 33.8 Å². The van der Waals surface area contributed by atoms with Gasteiger partial charge in [-0.3, -0.25) is 19.2 Å². The Bertz CT molecular complexity index is 1420. The maximum atomic E-state index is 14.2. The van der Waals surface area contributed by atoms with Crippen molar-refractivity contribution in [3.8, 4) is 0 Å². The lowest BCUT2D eigenvalue weighted by atomic mass is 9.91. The number of nitrogens with zero attached hydrogens (tertiary/aromatic N) is 1. The Morgan fingerprint density at radius 1 is 1.00 bits per heavy atom. The van der Waals surface area contributed by atoms with Crippen LogP contribution in [0.25, 0.3) is 0 Å². The Kier molecular flexibility index (Phi) is 8.80. The van der Waals surface area contributed by atoms with Gasteiger partial charge < -0.3 is 10.4 Å². The van der Waals surface area contributed by atoms with Gasteiger partial charge in [-0.25, -0.2) is 12.8 Å². The third kappa shape index (κ3) is 7.48. The Morgan fingerprint density at radius 3 is 2.05 bits per heavy atom. The zero-order chi connectivity index (χ0) is 28.3. The number of amides is 1. The topological polar surface area (TPSA) is 116 Å². The molecule has 1 unspecified atom stereocenters. The summed E-state index contributed by atoms with van der Waals surface area (Å²) in [4.78, 5) is 25.4. The number of nitrogens with one attached hydrogen (secondary N) is 2. The van der Waals surface area contributed by atoms with E-state index >= 15 is 0 Å². The molecule has 0 aromatic heterocycles. The minimum atomic E-state index is -3.88. The summed E-state index contributed by atoms with van der Waals surface area (Å²) < 4.78 is 42.3. The van der Waals surface area contributed by atoms with Gasteiger partial charge in [-0.15, -0.1) is 0 Å². The first kappa shape index (κ1) is 28.8. The molecule has 0 radical (unpaired) electrons. The van der Waals surface area contributed by atoms with Crippen molar-refractivity contribution in [1.29, 1.82) is 0 Å². The van der Waals surface area contributed by atoms with Crippen LogP contribution in [-0.4, -0.2) is 55.2 Å². The molecule has 206 valence electrons. The predicted octanol–water partition coefficient (Wildman–Crippen LogP) is 4.80. The van der Waals surface area contributed by atoms with Gasteiger partial charge in [0.1, 0.15) is 11.9 Å². The number of anilines is 1. The van der Waals surface area contributed by atoms with E-state index in [1.165, 1.54) is 6.92 Å². The lowest BCUT2D eigenvalue weighted by Crippen LogP contribution is -2.51. The maximum Gasteiger partial charge on any atom is 0.325 e. The summed E-state index contributed by atoms with van der Waals surface area (Å²) in [7, 11) is -3.88. The van der Waals surface area contributed by atoms with Crippen LogP contribution in [0.5, 0.6) is 0 Å². The molecule has 12 heteroatoms. The number of hydrogen-bond acceptors (Lipinski definition) is 5. The smallest absolute Gasteiger partial charge is 0.325 e. The molecule has 1 aliphatic heterocycles. The molecule has 1 heterocycles. The summed E-state index contributed by atoms with van der Waals surface area (Å²) in [6, 6.07) is 16.7. The highest BCUT2D eigenvalue weighted by atomic mass is 35.5. The number of sulfonamides is 1. The fraction of sp³-hybridized carbons (Fsp3) is 0.259. The van der Waals surface area contributed by atoms with Gasteiger partial charge >= 0.3 is 5.97 Å². The SMILES string of the molecule is CC(NC(=O)c1cc(F)cc(NS(=O)(=O)CC2CN(C(c3ccc(Cl)cc3)c3ccc(Cl)cc3)C2)c1)C(=O)O. The van der Waals surface area contributed by atoms with Crippen LogP contribution in [0, 0.1) is 11.7 Å². The van der Waals surface area contributed by atoms with Gasteiger partial charge in [-0.2, -0.15) is 0 Å². The number of carboxylic acid groups (broad SMARTS) is 1. The third-order valence-corrected chi connectivity index (χ3v) is 8.29. The Labute approximate surface area is 235 Å². The minimum absolute atomic E-state index is 0.121. The van der Waals surface area contributed by atoms with Crippen LogP contribution in [0.4, 0.5) is 10.1 Å². The second-order valence-electron chi connectivity index (χ2n) is 9.47. The first-order valence-corrected chi connectivity index (χ1v) is 14.4. The second kappa shape index (κ2) is 11.9. The number of hydrogen-bond donors (Lipinski definition) is 3. The average Bonchev–Trinajstić information content (AvgIpc) is 2.83. The molecular formula is C27H26Cl2FN3O5S. The summed E-state index contributed by atoms with van der Waals surface area (Å²) >= 11 is 12.1. The number of carboxylic acids is 1. The van der Waals surface area contributed by atoms with Crippen LogP contribution in [0.15, 0.2) is 66.7 Å². The number of benzene rings is 3. The van der Waals surface area contributed by atoms with Gasteiger partial charge in [-0.05, 0) is 60.5 Å². The second-order valence-corrected chi connectivity index (χ2v) is 12.1. The molecule has 1 saturated heterocycles. The minimum Gasteiger partial charge on any atom is -0.480 e. The van der Waals surface area contributed by atoms with Crippen LogP contribution in [-0.2, 0) is 14.8 Å². The fourth-order valence-electron chi connectivity index (χ4n) is 4.48. The number of likely N-dealkylation sites (tertiary alicyclic amines) is 1. The van der Waals surface area contributed by atoms with Crippen LogP contribution in [0.2, 0.25) is 10.0 Å². The molecule has 1 aliphatic rings. The van der Waals surface area contributed by atoms with Gasteiger partial charge in [0.2, 0.25) is 10.0 Å². The third-order valence-electron chi connectivity index (χ3n) is 6.33. The molecule has 1 fully saturated rings. The Morgan fingerprint density at radius 2 is 1.54 bits per heavy atom. The first-order valence-electron chi connectivity index (χ1n) is 12.0. The molecule has 1 amide bonds. The van der Waals surface area contributed by atoms with E-state index in [-0.39, 0.29) is 29.0 Å². The molecule has 0 aliphatic carbocycles. The van der Waals surface area contributed by atoms with E-state index in [9.17, 15) is 22.4 Å². The zero-order valence-corrected chi connectivity index (χ0v) is 23.1. The number of rotatable bonds is 10. The van der Waals surface area contributed by atoms with Gasteiger partial charge in [0.25, 0.3) is 5.91 Å². The van der Waals surface area contributed by atoms with Crippen molar-refractivity contribution < 1.29 is 27.5 Å². The van der Waals surface area contributed by atoms with Crippen molar-refractivity contribution in [3.05, 3.63) is 99.3 Å². The molecule has 1 atom stereocenters. The molecular weight excluding hydrogens is 568 g/mol. The van der Waals surface area contributed by atoms with E-state index in [4.69, 9.17) is 28.3 Å². The van der Waals surface area contributed by atoms with E-state index in [1.54, 1.807) is 24.3 Å². The highest BCUT2D eigenvalue weighted by Gasteiger charge is 2.36. The normalized spacial score (nSPS) is 15.0. The van der Waals surface area contributed by atoms with Crippen molar-refractivity contribution in [2.45, 2.75) is 19.0 Å². The van der Waals surface area contributed by atoms with Crippen molar-refractivity contribution in [2.75, 3.05) is 23.6 Å². The lowest BCUT2D eigenvalue weighted by molar-refractivity contribution is -0.138. The first-order chi connectivity index (χ1) is 18.4. The average molecular weight is 594 g/mol. The molecule has 0 bridgehead atoms. The van der Waals surface area contributed by atoms with Gasteiger partial charge in [-0.1, -0.05) is 47.5 Å². The monoisotopic (exact) mass is 593 g/mol. The zero-order valence-electron chi connectivity index (χ0n) is 20.8. The Hall–Kier alpha value is -3.18. The van der Waals surface area contributed by atoms with Crippen LogP contribution in [0.1, 0.15) is 34.5 Å². The highest BCUT2D eigenvalue weighted by molar-refractivity contribution is 7.92. The van der Waals surface area contributed by atoms with Crippen LogP contribution in [0.3, 0.4) is 0 Å². The number of carbonyl (C=O) groups excluding carboxylic acids is 1. The summed E-state index contributed by atoms with van der Waals surface area (Å²) in [5.41, 5.74) is 1.68. The van der Waals surface area contributed by atoms with E-state index in [2.05, 4.69) is 14.9 Å². The molecule has 3 aromatic carbocycles. The molecule has 0 saturated carbocycles. The predicted molar refractivity (Wildman–Crippen MR) is 148 cm³/mol. The van der Waals surface area contributed by atoms with E-state index in [1.807, 2.05) is 24.3 Å². The van der Waals surface area contributed by atoms with Crippen LogP contribution < -0.4 is 10.0 Å². The van der Waals surface area contributed by atoms with Gasteiger partial charge in [0.05, 0.1) is 17.5 Å².